The molecule has 0 saturated carbocycles. The van der Waals surface area contributed by atoms with Gasteiger partial charge in [0.2, 0.25) is 0 Å². The van der Waals surface area contributed by atoms with Gasteiger partial charge in [0.15, 0.2) is 0 Å². The molecule has 0 radical (unpaired) electrons. The zero-order valence-electron chi connectivity index (χ0n) is 7.98. The van der Waals surface area contributed by atoms with Gasteiger partial charge < -0.3 is 0 Å². The van der Waals surface area contributed by atoms with Gasteiger partial charge in [-0.3, -0.25) is 0 Å². The third kappa shape index (κ3) is 3.17. The molecule has 1 rings (SSSR count). The van der Waals surface area contributed by atoms with Crippen LogP contribution in [0.5, 0.6) is 0 Å². The van der Waals surface area contributed by atoms with Gasteiger partial charge in [0.1, 0.15) is 0 Å². The fraction of sp³-hybridized carbons (Fsp3) is 0.300. The Kier molecular flexibility index (Phi) is 6.80. The van der Waals surface area contributed by atoms with Crippen LogP contribution < -0.4 is 0 Å². The zero-order valence-corrected chi connectivity index (χ0v) is 11.8. The molecule has 12 heavy (non-hydrogen) atoms. The van der Waals surface area contributed by atoms with Crippen molar-refractivity contribution in [2.24, 2.45) is 0 Å². The number of hydrogen-bond acceptors (Lipinski definition) is 0. The molecular weight excluding hydrogens is 221 g/mol. The summed E-state index contributed by atoms with van der Waals surface area (Å²) < 4.78 is 0. The van der Waals surface area contributed by atoms with Crippen molar-refractivity contribution in [3.05, 3.63) is 41.3 Å². The number of benzene rings is 1. The summed E-state index contributed by atoms with van der Waals surface area (Å²) in [6, 6.07) is 4.32. The summed E-state index contributed by atoms with van der Waals surface area (Å²) in [5.74, 6) is 0. The van der Waals surface area contributed by atoms with Gasteiger partial charge in [-0.2, -0.15) is 23.6 Å². The van der Waals surface area contributed by atoms with E-state index in [-0.39, 0.29) is 31.9 Å². The molecule has 0 heterocycles. The third-order valence-electron chi connectivity index (χ3n) is 1.84. The van der Waals surface area contributed by atoms with E-state index in [0.717, 1.165) is 0 Å². The first kappa shape index (κ1) is 14.5. The fourth-order valence-electron chi connectivity index (χ4n) is 1.21. The minimum atomic E-state index is 0. The Morgan fingerprint density at radius 1 is 1.00 bits per heavy atom. The normalized spacial score (nSPS) is 8.25. The zero-order chi connectivity index (χ0) is 7.72. The molecule has 1 aromatic rings. The van der Waals surface area contributed by atoms with Gasteiger partial charge in [0.25, 0.3) is 0 Å². The van der Waals surface area contributed by atoms with Gasteiger partial charge in [-0.15, -0.1) is 24.5 Å². The van der Waals surface area contributed by atoms with E-state index in [1.165, 1.54) is 22.3 Å². The molecule has 0 spiro atoms. The van der Waals surface area contributed by atoms with Crippen LogP contribution in [-0.4, -0.2) is 0 Å². The van der Waals surface area contributed by atoms with Gasteiger partial charge in [0.05, 0.1) is 0 Å². The van der Waals surface area contributed by atoms with E-state index in [1.807, 2.05) is 0 Å². The molecule has 0 N–H and O–H groups in total. The predicted molar refractivity (Wildman–Crippen MR) is 52.4 cm³/mol. The molecule has 0 amide bonds. The molecule has 0 saturated heterocycles. The van der Waals surface area contributed by atoms with E-state index in [1.54, 1.807) is 0 Å². The molecule has 64 valence electrons. The maximum atomic E-state index is 3.96. The van der Waals surface area contributed by atoms with Crippen molar-refractivity contribution in [2.75, 3.05) is 0 Å². The summed E-state index contributed by atoms with van der Waals surface area (Å²) in [6.45, 7) is 10.3. The van der Waals surface area contributed by atoms with E-state index >= 15 is 0 Å². The molecule has 2 heteroatoms. The van der Waals surface area contributed by atoms with E-state index in [9.17, 15) is 0 Å². The number of aryl methyl sites for hydroxylation is 3. The van der Waals surface area contributed by atoms with E-state index in [4.69, 9.17) is 0 Å². The van der Waals surface area contributed by atoms with Crippen molar-refractivity contribution < 1.29 is 19.5 Å². The molecule has 0 atom stereocenters. The van der Waals surface area contributed by atoms with Crippen LogP contribution in [0.25, 0.3) is 0 Å². The van der Waals surface area contributed by atoms with Crippen molar-refractivity contribution in [3.8, 4) is 0 Å². The van der Waals surface area contributed by atoms with Crippen LogP contribution in [0.1, 0.15) is 22.3 Å². The van der Waals surface area contributed by atoms with Crippen molar-refractivity contribution in [1.82, 2.24) is 0 Å². The Bertz CT molecular complexity index is 233. The molecule has 0 nitrogen and oxygen atoms in total. The summed E-state index contributed by atoms with van der Waals surface area (Å²) in [5, 5.41) is 0. The summed E-state index contributed by atoms with van der Waals surface area (Å²) in [4.78, 5) is 0. The van der Waals surface area contributed by atoms with Gasteiger partial charge in [0, 0.05) is 19.5 Å². The van der Waals surface area contributed by atoms with Crippen LogP contribution in [0.3, 0.4) is 0 Å². The topological polar surface area (TPSA) is 0 Å². The number of rotatable bonds is 0. The standard InChI is InChI=1S/C10H13.ClH.Zn/c1-7-5-8(2)10(4)9(3)6-7;;/h5-6H,4H2,1-3H3;1H;/q-1;;. The average Bonchev–Trinajstić information content (AvgIpc) is 1.82. The third-order valence-corrected chi connectivity index (χ3v) is 1.84. The van der Waals surface area contributed by atoms with Gasteiger partial charge >= 0.3 is 0 Å². The Hall–Kier alpha value is 0.00338. The van der Waals surface area contributed by atoms with E-state index in [0.29, 0.717) is 0 Å². The Morgan fingerprint density at radius 3 is 1.67 bits per heavy atom. The number of hydrogen-bond donors (Lipinski definition) is 0. The summed E-state index contributed by atoms with van der Waals surface area (Å²) in [7, 11) is 0. The Labute approximate surface area is 93.9 Å². The minimum Gasteiger partial charge on any atom is -0.198 e. The quantitative estimate of drug-likeness (QED) is 0.478. The van der Waals surface area contributed by atoms with E-state index in [2.05, 4.69) is 39.8 Å². The first-order valence-electron chi connectivity index (χ1n) is 3.51. The molecule has 0 aromatic heterocycles. The van der Waals surface area contributed by atoms with Crippen LogP contribution in [0.4, 0.5) is 0 Å². The monoisotopic (exact) mass is 233 g/mol. The molecule has 1 aromatic carbocycles. The molecule has 0 fully saturated rings. The molecule has 0 aliphatic carbocycles. The maximum Gasteiger partial charge on any atom is 0 e. The van der Waals surface area contributed by atoms with Crippen molar-refractivity contribution in [3.63, 3.8) is 0 Å². The average molecular weight is 235 g/mol. The summed E-state index contributed by atoms with van der Waals surface area (Å²) in [6.07, 6.45) is 0. The molecule has 0 bridgehead atoms. The minimum absolute atomic E-state index is 0. The van der Waals surface area contributed by atoms with Crippen LogP contribution in [0, 0.1) is 27.7 Å². The van der Waals surface area contributed by atoms with Crippen molar-refractivity contribution in [1.29, 1.82) is 0 Å². The SMILES string of the molecule is Cl.[CH2-]c1c(C)cc(C)cc1C.[Zn]. The Morgan fingerprint density at radius 2 is 1.33 bits per heavy atom. The Balaban J connectivity index is 0. The van der Waals surface area contributed by atoms with Gasteiger partial charge in [-0.1, -0.05) is 19.4 Å². The van der Waals surface area contributed by atoms with Crippen molar-refractivity contribution >= 4 is 12.4 Å². The first-order chi connectivity index (χ1) is 4.61. The first-order valence-corrected chi connectivity index (χ1v) is 3.51. The summed E-state index contributed by atoms with van der Waals surface area (Å²) in [5.41, 5.74) is 5.07. The predicted octanol–water partition coefficient (Wildman–Crippen LogP) is 3.21. The summed E-state index contributed by atoms with van der Waals surface area (Å²) >= 11 is 0. The fourth-order valence-corrected chi connectivity index (χ4v) is 1.21. The molecule has 0 unspecified atom stereocenters. The van der Waals surface area contributed by atoms with Gasteiger partial charge in [-0.25, -0.2) is 0 Å². The van der Waals surface area contributed by atoms with Crippen LogP contribution in [-0.2, 0) is 19.5 Å². The second-order valence-corrected chi connectivity index (χ2v) is 2.88. The van der Waals surface area contributed by atoms with Crippen LogP contribution >= 0.6 is 12.4 Å². The second-order valence-electron chi connectivity index (χ2n) is 2.88. The van der Waals surface area contributed by atoms with Crippen LogP contribution in [0.2, 0.25) is 0 Å². The molecule has 0 aliphatic rings. The largest absolute Gasteiger partial charge is 0.198 e. The van der Waals surface area contributed by atoms with Crippen LogP contribution in [0.15, 0.2) is 12.1 Å². The number of halogens is 1. The maximum absolute atomic E-state index is 3.96. The van der Waals surface area contributed by atoms with Crippen molar-refractivity contribution in [2.45, 2.75) is 20.8 Å². The molecular formula is C10H14ClZn-. The van der Waals surface area contributed by atoms with E-state index < -0.39 is 0 Å². The second kappa shape index (κ2) is 5.62. The smallest absolute Gasteiger partial charge is 0 e. The van der Waals surface area contributed by atoms with Gasteiger partial charge in [-0.05, 0) is 6.92 Å². The molecule has 0 aliphatic heterocycles.